The van der Waals surface area contributed by atoms with E-state index >= 15 is 4.79 Å². The number of fused-ring (bicyclic) bond motifs is 1. The minimum absolute atomic E-state index is 0.0172. The number of hydrogen-bond donors (Lipinski definition) is 4. The molecule has 6 bridgehead atoms. The second kappa shape index (κ2) is 13.5. The van der Waals surface area contributed by atoms with Gasteiger partial charge in [0, 0.05) is 47.0 Å². The standard InChI is InChI=1S/C48H59ClF3NO6/c1-42-10-7-32(55)22-45(42)13-14-47(35(23-45)41(57)38-6-5-37(59-38)34-18-31(48(50,51)52)3-4-36(34)49)39(42)8-11-43(2)40(47)9-12-46(43,58)27-53(24-33(56)25-54)26-44-19-28-15-29(20-44)17-30(16-28)21-44/h3-6,13-14,18,23,28-30,32-33,39-40,54-56,58H,7-12,15-17,19-22,24-27H2,1-2H3/t28?,29?,30?,32?,33-,39+,40+,42+,43-,44?,45-,46+,47+/m0/s1. The van der Waals surface area contributed by atoms with Gasteiger partial charge in [-0.15, -0.1) is 0 Å². The number of ketones is 1. The van der Waals surface area contributed by atoms with E-state index in [1.807, 2.05) is 0 Å². The van der Waals surface area contributed by atoms with Crippen molar-refractivity contribution in [3.05, 3.63) is 70.5 Å². The van der Waals surface area contributed by atoms with Crippen LogP contribution in [0.15, 0.2) is 58.6 Å². The molecule has 0 saturated heterocycles. The number of benzene rings is 1. The Labute approximate surface area is 350 Å². The van der Waals surface area contributed by atoms with Crippen LogP contribution >= 0.6 is 11.6 Å². The van der Waals surface area contributed by atoms with Gasteiger partial charge in [-0.3, -0.25) is 9.69 Å². The molecule has 1 aromatic carbocycles. The van der Waals surface area contributed by atoms with E-state index in [1.165, 1.54) is 56.7 Å². The van der Waals surface area contributed by atoms with Gasteiger partial charge in [-0.1, -0.05) is 43.7 Å². The van der Waals surface area contributed by atoms with Crippen molar-refractivity contribution in [2.45, 2.75) is 121 Å². The predicted molar refractivity (Wildman–Crippen MR) is 217 cm³/mol. The van der Waals surface area contributed by atoms with Crippen LogP contribution < -0.4 is 0 Å². The highest BCUT2D eigenvalue weighted by molar-refractivity contribution is 6.33. The minimum atomic E-state index is -4.59. The second-order valence-electron chi connectivity index (χ2n) is 21.4. The molecule has 7 nitrogen and oxygen atoms in total. The van der Waals surface area contributed by atoms with Crippen LogP contribution in [0, 0.1) is 56.7 Å². The van der Waals surface area contributed by atoms with E-state index in [9.17, 15) is 33.6 Å². The molecular weight excluding hydrogens is 779 g/mol. The number of hydrogen-bond acceptors (Lipinski definition) is 7. The Morgan fingerprint density at radius 2 is 1.58 bits per heavy atom. The fourth-order valence-electron chi connectivity index (χ4n) is 16.1. The summed E-state index contributed by atoms with van der Waals surface area (Å²) in [6, 6.07) is 6.09. The van der Waals surface area contributed by atoms with Crippen LogP contribution in [0.1, 0.15) is 113 Å². The molecule has 7 saturated carbocycles. The number of Topliss-reactive ketones (excluding diaryl/α,β-unsaturated/α-hetero) is 1. The van der Waals surface area contributed by atoms with Crippen molar-refractivity contribution in [3.63, 3.8) is 0 Å². The summed E-state index contributed by atoms with van der Waals surface area (Å²) in [5.74, 6) is 1.95. The molecule has 59 heavy (non-hydrogen) atoms. The molecule has 2 spiro atoms. The lowest BCUT2D eigenvalue weighted by Gasteiger charge is -2.71. The lowest BCUT2D eigenvalue weighted by atomic mass is 9.32. The van der Waals surface area contributed by atoms with Crippen molar-refractivity contribution in [2.75, 3.05) is 26.2 Å². The highest BCUT2D eigenvalue weighted by Gasteiger charge is 2.74. The van der Waals surface area contributed by atoms with E-state index in [-0.39, 0.29) is 63.7 Å². The monoisotopic (exact) mass is 837 g/mol. The van der Waals surface area contributed by atoms with Crippen LogP contribution in [0.4, 0.5) is 13.2 Å². The van der Waals surface area contributed by atoms with Gasteiger partial charge in [0.2, 0.25) is 5.78 Å². The molecule has 9 atom stereocenters. The average Bonchev–Trinajstić information content (AvgIpc) is 3.76. The number of allylic oxidation sites excluding steroid dienone is 4. The lowest BCUT2D eigenvalue weighted by Crippen LogP contribution is -2.67. The Bertz CT molecular complexity index is 2060. The summed E-state index contributed by atoms with van der Waals surface area (Å²) in [6.45, 7) is 5.66. The molecule has 320 valence electrons. The largest absolute Gasteiger partial charge is 0.453 e. The first-order valence-electron chi connectivity index (χ1n) is 22.2. The highest BCUT2D eigenvalue weighted by Crippen LogP contribution is 2.78. The third kappa shape index (κ3) is 5.95. The zero-order valence-corrected chi connectivity index (χ0v) is 35.0. The van der Waals surface area contributed by atoms with E-state index in [1.54, 1.807) is 0 Å². The Kier molecular flexibility index (Phi) is 9.30. The summed E-state index contributed by atoms with van der Waals surface area (Å²) in [5, 5.41) is 45.5. The second-order valence-corrected chi connectivity index (χ2v) is 21.8. The summed E-state index contributed by atoms with van der Waals surface area (Å²) in [5.41, 5.74) is -3.39. The first-order chi connectivity index (χ1) is 27.8. The van der Waals surface area contributed by atoms with Gasteiger partial charge in [0.25, 0.3) is 0 Å². The van der Waals surface area contributed by atoms with Gasteiger partial charge >= 0.3 is 6.18 Å². The average molecular weight is 838 g/mol. The molecule has 10 aliphatic carbocycles. The fourth-order valence-corrected chi connectivity index (χ4v) is 16.3. The molecular formula is C48H59ClF3NO6. The van der Waals surface area contributed by atoms with Gasteiger partial charge < -0.3 is 24.8 Å². The van der Waals surface area contributed by atoms with Crippen molar-refractivity contribution >= 4 is 17.4 Å². The maximum absolute atomic E-state index is 15.2. The summed E-state index contributed by atoms with van der Waals surface area (Å²) >= 11 is 6.42. The molecule has 1 aromatic heterocycles. The van der Waals surface area contributed by atoms with Crippen molar-refractivity contribution < 1.29 is 42.8 Å². The van der Waals surface area contributed by atoms with Crippen molar-refractivity contribution in [2.24, 2.45) is 56.7 Å². The SMILES string of the molecule is C[C@]12CC[C@H]3[C@]4(C=C[C@@]5(C=C4C(=O)c4ccc(-c6cc(C(F)(F)F)ccc6Cl)o4)CC(O)CC[C@]35C)[C@@H]1CC[C@@]2(O)CN(C[C@H](O)CO)CC12CC3CC(CC(C3)C1)C2. The minimum Gasteiger partial charge on any atom is -0.453 e. The molecule has 0 amide bonds. The Hall–Kier alpha value is -2.47. The van der Waals surface area contributed by atoms with Crippen LogP contribution in [0.2, 0.25) is 5.02 Å². The maximum atomic E-state index is 15.2. The summed E-state index contributed by atoms with van der Waals surface area (Å²) in [6.07, 6.45) is 12.8. The number of alkyl halides is 3. The first-order valence-corrected chi connectivity index (χ1v) is 22.6. The number of aliphatic hydroxyl groups excluding tert-OH is 3. The van der Waals surface area contributed by atoms with Gasteiger partial charge in [0.05, 0.1) is 35.0 Å². The van der Waals surface area contributed by atoms with Crippen LogP contribution in [0.25, 0.3) is 11.3 Å². The first kappa shape index (κ1) is 40.6. The van der Waals surface area contributed by atoms with Gasteiger partial charge in [0.15, 0.2) is 5.76 Å². The van der Waals surface area contributed by atoms with Crippen LogP contribution in [-0.2, 0) is 6.18 Å². The number of halogens is 4. The number of nitrogens with zero attached hydrogens (tertiary/aromatic N) is 1. The zero-order chi connectivity index (χ0) is 41.5. The Balaban J connectivity index is 1.02. The number of rotatable bonds is 10. The number of carbonyl (C=O) groups excluding carboxylic acids is 1. The molecule has 7 fully saturated rings. The van der Waals surface area contributed by atoms with Crippen LogP contribution in [0.3, 0.4) is 0 Å². The molecule has 1 unspecified atom stereocenters. The van der Waals surface area contributed by atoms with Crippen molar-refractivity contribution in [3.8, 4) is 11.3 Å². The summed E-state index contributed by atoms with van der Waals surface area (Å²) in [4.78, 5) is 17.5. The smallest absolute Gasteiger partial charge is 0.416 e. The number of carbonyl (C=O) groups is 1. The molecule has 12 rings (SSSR count). The third-order valence-corrected chi connectivity index (χ3v) is 18.6. The van der Waals surface area contributed by atoms with E-state index in [2.05, 4.69) is 37.0 Å². The third-order valence-electron chi connectivity index (χ3n) is 18.2. The van der Waals surface area contributed by atoms with E-state index in [0.717, 1.165) is 55.7 Å². The fraction of sp³-hybridized carbons (Fsp3) is 0.688. The van der Waals surface area contributed by atoms with E-state index < -0.39 is 45.8 Å². The molecule has 10 aliphatic rings. The zero-order valence-electron chi connectivity index (χ0n) is 34.2. The predicted octanol–water partition coefficient (Wildman–Crippen LogP) is 9.26. The van der Waals surface area contributed by atoms with Gasteiger partial charge in [0.1, 0.15) is 5.76 Å². The molecule has 4 N–H and O–H groups in total. The van der Waals surface area contributed by atoms with Gasteiger partial charge in [-0.25, -0.2) is 0 Å². The molecule has 0 radical (unpaired) electrons. The quantitative estimate of drug-likeness (QED) is 0.139. The number of aliphatic hydroxyl groups is 4. The van der Waals surface area contributed by atoms with Gasteiger partial charge in [-0.05, 0) is 154 Å². The van der Waals surface area contributed by atoms with Crippen LogP contribution in [-0.4, -0.2) is 75.2 Å². The molecule has 0 aliphatic heterocycles. The molecule has 11 heteroatoms. The normalized spacial score (nSPS) is 43.4. The maximum Gasteiger partial charge on any atom is 0.416 e. The molecule has 1 heterocycles. The van der Waals surface area contributed by atoms with Crippen LogP contribution in [0.5, 0.6) is 0 Å². The van der Waals surface area contributed by atoms with Gasteiger partial charge in [-0.2, -0.15) is 13.2 Å². The summed E-state index contributed by atoms with van der Waals surface area (Å²) in [7, 11) is 0. The van der Waals surface area contributed by atoms with E-state index in [4.69, 9.17) is 16.0 Å². The topological polar surface area (TPSA) is 114 Å². The summed E-state index contributed by atoms with van der Waals surface area (Å²) < 4.78 is 47.4. The Morgan fingerprint density at radius 1 is 0.915 bits per heavy atom. The Morgan fingerprint density at radius 3 is 2.25 bits per heavy atom. The molecule has 2 aromatic rings. The highest BCUT2D eigenvalue weighted by atomic mass is 35.5. The van der Waals surface area contributed by atoms with Crippen molar-refractivity contribution in [1.82, 2.24) is 4.90 Å². The lowest BCUT2D eigenvalue weighted by molar-refractivity contribution is -0.179. The van der Waals surface area contributed by atoms with Crippen molar-refractivity contribution in [1.29, 1.82) is 0 Å². The van der Waals surface area contributed by atoms with E-state index in [0.29, 0.717) is 37.8 Å². The number of furan rings is 1.